The largest absolute Gasteiger partial charge is 0.490 e. The van der Waals surface area contributed by atoms with E-state index in [-0.39, 0.29) is 5.76 Å². The van der Waals surface area contributed by atoms with Crippen LogP contribution >= 0.6 is 0 Å². The van der Waals surface area contributed by atoms with Crippen molar-refractivity contribution in [2.24, 2.45) is 0 Å². The average Bonchev–Trinajstić information content (AvgIpc) is 2.60. The summed E-state index contributed by atoms with van der Waals surface area (Å²) < 4.78 is 15.9. The van der Waals surface area contributed by atoms with Crippen molar-refractivity contribution in [2.45, 2.75) is 20.5 Å². The summed E-state index contributed by atoms with van der Waals surface area (Å²) in [6.07, 6.45) is 1.66. The van der Waals surface area contributed by atoms with Crippen molar-refractivity contribution in [3.8, 4) is 5.75 Å². The number of aryl methyl sites for hydroxylation is 1. The zero-order chi connectivity index (χ0) is 17.4. The van der Waals surface area contributed by atoms with Crippen LogP contribution in [0.3, 0.4) is 0 Å². The van der Waals surface area contributed by atoms with Crippen molar-refractivity contribution < 1.29 is 19.0 Å². The lowest BCUT2D eigenvalue weighted by Gasteiger charge is -2.10. The maximum atomic E-state index is 11.7. The number of hydrogen-bond donors (Lipinski definition) is 0. The summed E-state index contributed by atoms with van der Waals surface area (Å²) in [6.45, 7) is 4.55. The molecule has 4 nitrogen and oxygen atoms in total. The molecule has 2 aromatic carbocycles. The van der Waals surface area contributed by atoms with Gasteiger partial charge in [0.05, 0.1) is 13.7 Å². The molecule has 0 unspecified atom stereocenters. The minimum Gasteiger partial charge on any atom is -0.490 e. The summed E-state index contributed by atoms with van der Waals surface area (Å²) in [7, 11) is 1.45. The van der Waals surface area contributed by atoms with E-state index >= 15 is 0 Å². The number of methoxy groups -OCH3 is 1. The topological polar surface area (TPSA) is 44.8 Å². The summed E-state index contributed by atoms with van der Waals surface area (Å²) in [6, 6.07) is 15.7. The third kappa shape index (κ3) is 4.88. The van der Waals surface area contributed by atoms with Crippen LogP contribution in [-0.4, -0.2) is 19.7 Å². The molecule has 0 N–H and O–H groups in total. The van der Waals surface area contributed by atoms with Gasteiger partial charge in [0.1, 0.15) is 12.4 Å². The number of carbonyl (C=O) groups excluding carboxylic acids is 1. The quantitative estimate of drug-likeness (QED) is 0.436. The van der Waals surface area contributed by atoms with E-state index in [9.17, 15) is 4.79 Å². The number of hydrogen-bond acceptors (Lipinski definition) is 4. The van der Waals surface area contributed by atoms with E-state index in [0.717, 1.165) is 22.4 Å². The molecule has 2 aromatic rings. The van der Waals surface area contributed by atoms with Gasteiger partial charge in [0.25, 0.3) is 0 Å². The third-order valence-corrected chi connectivity index (χ3v) is 3.43. The van der Waals surface area contributed by atoms with Gasteiger partial charge in [-0.1, -0.05) is 36.4 Å². The Labute approximate surface area is 142 Å². The molecule has 0 aliphatic heterocycles. The van der Waals surface area contributed by atoms with Crippen LogP contribution in [-0.2, 0) is 20.9 Å². The van der Waals surface area contributed by atoms with Gasteiger partial charge < -0.3 is 14.2 Å². The fourth-order valence-corrected chi connectivity index (χ4v) is 2.21. The molecule has 0 aliphatic rings. The Morgan fingerprint density at radius 3 is 2.50 bits per heavy atom. The number of benzene rings is 2. The summed E-state index contributed by atoms with van der Waals surface area (Å²) in [4.78, 5) is 11.7. The Bertz CT molecular complexity index is 705. The van der Waals surface area contributed by atoms with E-state index in [0.29, 0.717) is 13.2 Å². The zero-order valence-electron chi connectivity index (χ0n) is 14.2. The molecule has 0 saturated heterocycles. The third-order valence-electron chi connectivity index (χ3n) is 3.43. The highest BCUT2D eigenvalue weighted by Crippen LogP contribution is 2.22. The molecular formula is C20H22O4. The molecule has 2 rings (SSSR count). The highest BCUT2D eigenvalue weighted by molar-refractivity contribution is 5.91. The van der Waals surface area contributed by atoms with Crippen molar-refractivity contribution in [2.75, 3.05) is 13.7 Å². The van der Waals surface area contributed by atoms with Crippen LogP contribution in [0, 0.1) is 6.92 Å². The Hall–Kier alpha value is -2.75. The molecule has 4 heteroatoms. The lowest BCUT2D eigenvalue weighted by Crippen LogP contribution is -2.08. The second-order valence-corrected chi connectivity index (χ2v) is 5.23. The zero-order valence-corrected chi connectivity index (χ0v) is 14.2. The van der Waals surface area contributed by atoms with Crippen molar-refractivity contribution in [1.82, 2.24) is 0 Å². The van der Waals surface area contributed by atoms with Crippen LogP contribution in [0.1, 0.15) is 23.6 Å². The Kier molecular flexibility index (Phi) is 6.43. The fraction of sp³-hybridized carbons (Fsp3) is 0.250. The van der Waals surface area contributed by atoms with Gasteiger partial charge in [0, 0.05) is 0 Å². The Balaban J connectivity index is 2.09. The minimum atomic E-state index is -0.470. The summed E-state index contributed by atoms with van der Waals surface area (Å²) in [5, 5.41) is 0. The molecule has 0 radical (unpaired) electrons. The van der Waals surface area contributed by atoms with Crippen molar-refractivity contribution in [3.05, 3.63) is 71.0 Å². The first kappa shape index (κ1) is 17.6. The molecule has 0 heterocycles. The number of ether oxygens (including phenoxy) is 3. The minimum absolute atomic E-state index is 0.175. The van der Waals surface area contributed by atoms with E-state index in [1.165, 1.54) is 7.11 Å². The summed E-state index contributed by atoms with van der Waals surface area (Å²) >= 11 is 0. The van der Waals surface area contributed by atoms with Crippen LogP contribution in [0.5, 0.6) is 5.75 Å². The number of esters is 1. The first-order chi connectivity index (χ1) is 11.6. The van der Waals surface area contributed by atoms with Gasteiger partial charge in [-0.3, -0.25) is 0 Å². The Morgan fingerprint density at radius 2 is 1.88 bits per heavy atom. The van der Waals surface area contributed by atoms with Gasteiger partial charge in [-0.2, -0.15) is 0 Å². The van der Waals surface area contributed by atoms with Crippen molar-refractivity contribution >= 4 is 12.0 Å². The van der Waals surface area contributed by atoms with Gasteiger partial charge in [0.2, 0.25) is 5.76 Å². The monoisotopic (exact) mass is 326 g/mol. The van der Waals surface area contributed by atoms with Crippen LogP contribution in [0.25, 0.3) is 6.08 Å². The predicted octanol–water partition coefficient (Wildman–Crippen LogP) is 4.12. The standard InChI is InChI=1S/C20H22O4/c1-4-23-20(21)19(22-3)13-17-10-11-18(15(2)12-17)24-14-16-8-6-5-7-9-16/h5-13H,4,14H2,1-3H3. The van der Waals surface area contributed by atoms with Gasteiger partial charge in [-0.25, -0.2) is 4.79 Å². The molecule has 0 aromatic heterocycles. The maximum Gasteiger partial charge on any atom is 0.373 e. The second-order valence-electron chi connectivity index (χ2n) is 5.23. The van der Waals surface area contributed by atoms with Crippen molar-refractivity contribution in [3.63, 3.8) is 0 Å². The summed E-state index contributed by atoms with van der Waals surface area (Å²) in [5.74, 6) is 0.516. The molecule has 0 spiro atoms. The highest BCUT2D eigenvalue weighted by atomic mass is 16.6. The smallest absolute Gasteiger partial charge is 0.373 e. The Morgan fingerprint density at radius 1 is 1.12 bits per heavy atom. The van der Waals surface area contributed by atoms with Crippen LogP contribution < -0.4 is 4.74 Å². The molecular weight excluding hydrogens is 304 g/mol. The molecule has 0 bridgehead atoms. The van der Waals surface area contributed by atoms with E-state index in [2.05, 4.69) is 0 Å². The van der Waals surface area contributed by atoms with E-state index in [4.69, 9.17) is 14.2 Å². The van der Waals surface area contributed by atoms with Gasteiger partial charge in [-0.05, 0) is 48.7 Å². The van der Waals surface area contributed by atoms with Crippen LogP contribution in [0.4, 0.5) is 0 Å². The average molecular weight is 326 g/mol. The molecule has 0 atom stereocenters. The second kappa shape index (κ2) is 8.77. The maximum absolute atomic E-state index is 11.7. The molecule has 0 aliphatic carbocycles. The number of rotatable bonds is 7. The normalized spacial score (nSPS) is 11.0. The van der Waals surface area contributed by atoms with Crippen LogP contribution in [0.2, 0.25) is 0 Å². The SMILES string of the molecule is CCOC(=O)C(=Cc1ccc(OCc2ccccc2)c(C)c1)OC. The van der Waals surface area contributed by atoms with Crippen molar-refractivity contribution in [1.29, 1.82) is 0 Å². The fourth-order valence-electron chi connectivity index (χ4n) is 2.21. The number of carbonyl (C=O) groups is 1. The first-order valence-electron chi connectivity index (χ1n) is 7.84. The molecule has 0 saturated carbocycles. The van der Waals surface area contributed by atoms with Gasteiger partial charge in [0.15, 0.2) is 0 Å². The van der Waals surface area contributed by atoms with E-state index in [1.807, 2.05) is 55.5 Å². The first-order valence-corrected chi connectivity index (χ1v) is 7.84. The molecule has 0 fully saturated rings. The summed E-state index contributed by atoms with van der Waals surface area (Å²) in [5.41, 5.74) is 2.95. The molecule has 126 valence electrons. The van der Waals surface area contributed by atoms with E-state index < -0.39 is 5.97 Å². The predicted molar refractivity (Wildman–Crippen MR) is 93.6 cm³/mol. The van der Waals surface area contributed by atoms with Gasteiger partial charge >= 0.3 is 5.97 Å². The van der Waals surface area contributed by atoms with E-state index in [1.54, 1.807) is 13.0 Å². The highest BCUT2D eigenvalue weighted by Gasteiger charge is 2.11. The molecule has 0 amide bonds. The van der Waals surface area contributed by atoms with Gasteiger partial charge in [-0.15, -0.1) is 0 Å². The lowest BCUT2D eigenvalue weighted by atomic mass is 10.1. The van der Waals surface area contributed by atoms with Crippen LogP contribution in [0.15, 0.2) is 54.3 Å². The molecule has 24 heavy (non-hydrogen) atoms. The lowest BCUT2D eigenvalue weighted by molar-refractivity contribution is -0.141.